The average Bonchev–Trinajstić information content (AvgIpc) is 3.05. The van der Waals surface area contributed by atoms with Crippen molar-refractivity contribution in [2.24, 2.45) is 0 Å². The number of rotatable bonds is 8. The van der Waals surface area contributed by atoms with Gasteiger partial charge in [-0.15, -0.1) is 10.2 Å². The molecule has 1 heterocycles. The predicted molar refractivity (Wildman–Crippen MR) is 108 cm³/mol. The van der Waals surface area contributed by atoms with Gasteiger partial charge >= 0.3 is 6.18 Å². The smallest absolute Gasteiger partial charge is 0.299 e. The fourth-order valence-corrected chi connectivity index (χ4v) is 5.19. The SMILES string of the molecule is CCCSc1nnc(NC(=O)[C@H](C)N(c2cccc(C(F)(F)F)c2)S(C)(=O)=O)s1. The third-order valence-corrected chi connectivity index (χ3v) is 7.00. The van der Waals surface area contributed by atoms with Gasteiger partial charge in [0.15, 0.2) is 4.34 Å². The van der Waals surface area contributed by atoms with Gasteiger partial charge in [-0.2, -0.15) is 13.2 Å². The number of aromatic nitrogens is 2. The molecule has 1 atom stereocenters. The monoisotopic (exact) mass is 468 g/mol. The number of carbonyl (C=O) groups is 1. The average molecular weight is 469 g/mol. The van der Waals surface area contributed by atoms with E-state index in [1.807, 2.05) is 6.92 Å². The van der Waals surface area contributed by atoms with E-state index in [9.17, 15) is 26.4 Å². The number of nitrogens with one attached hydrogen (secondary N) is 1. The molecule has 0 radical (unpaired) electrons. The zero-order valence-corrected chi connectivity index (χ0v) is 18.2. The van der Waals surface area contributed by atoms with E-state index in [0.29, 0.717) is 14.7 Å². The normalized spacial score (nSPS) is 13.2. The molecule has 0 saturated carbocycles. The summed E-state index contributed by atoms with van der Waals surface area (Å²) < 4.78 is 64.8. The molecule has 1 aromatic carbocycles. The Morgan fingerprint density at radius 2 is 2.03 bits per heavy atom. The minimum Gasteiger partial charge on any atom is -0.299 e. The lowest BCUT2D eigenvalue weighted by atomic mass is 10.2. The van der Waals surface area contributed by atoms with Crippen LogP contribution in [0.15, 0.2) is 28.6 Å². The molecular weight excluding hydrogens is 449 g/mol. The van der Waals surface area contributed by atoms with Crippen molar-refractivity contribution in [3.05, 3.63) is 29.8 Å². The number of halogens is 3. The van der Waals surface area contributed by atoms with Crippen LogP contribution in [0.1, 0.15) is 25.8 Å². The lowest BCUT2D eigenvalue weighted by molar-refractivity contribution is -0.137. The molecule has 1 aromatic heterocycles. The second-order valence-corrected chi connectivity index (χ2v) is 10.2. The van der Waals surface area contributed by atoms with E-state index in [1.165, 1.54) is 24.8 Å². The molecule has 1 amide bonds. The van der Waals surface area contributed by atoms with Crippen molar-refractivity contribution in [3.8, 4) is 0 Å². The minimum atomic E-state index is -4.65. The highest BCUT2D eigenvalue weighted by atomic mass is 32.2. The van der Waals surface area contributed by atoms with Gasteiger partial charge < -0.3 is 0 Å². The van der Waals surface area contributed by atoms with Crippen LogP contribution >= 0.6 is 23.1 Å². The zero-order chi connectivity index (χ0) is 21.8. The highest BCUT2D eigenvalue weighted by molar-refractivity contribution is 8.01. The number of hydrogen-bond acceptors (Lipinski definition) is 7. The van der Waals surface area contributed by atoms with E-state index in [0.717, 1.165) is 41.9 Å². The van der Waals surface area contributed by atoms with Crippen LogP contribution in [0.4, 0.5) is 24.0 Å². The molecular formula is C16H19F3N4O3S3. The van der Waals surface area contributed by atoms with Gasteiger partial charge in [-0.1, -0.05) is 36.1 Å². The van der Waals surface area contributed by atoms with Crippen LogP contribution in [0, 0.1) is 0 Å². The fraction of sp³-hybridized carbons (Fsp3) is 0.438. The summed E-state index contributed by atoms with van der Waals surface area (Å²) in [5, 5.41) is 10.4. The van der Waals surface area contributed by atoms with Crippen molar-refractivity contribution < 1.29 is 26.4 Å². The van der Waals surface area contributed by atoms with Crippen molar-refractivity contribution in [1.29, 1.82) is 0 Å². The third-order valence-electron chi connectivity index (χ3n) is 3.58. The van der Waals surface area contributed by atoms with Gasteiger partial charge in [0, 0.05) is 5.75 Å². The zero-order valence-electron chi connectivity index (χ0n) is 15.7. The van der Waals surface area contributed by atoms with Gasteiger partial charge in [-0.3, -0.25) is 14.4 Å². The van der Waals surface area contributed by atoms with Crippen LogP contribution < -0.4 is 9.62 Å². The van der Waals surface area contributed by atoms with E-state index in [2.05, 4.69) is 15.5 Å². The first-order chi connectivity index (χ1) is 13.4. The van der Waals surface area contributed by atoms with E-state index in [4.69, 9.17) is 0 Å². The lowest BCUT2D eigenvalue weighted by Gasteiger charge is -2.28. The van der Waals surface area contributed by atoms with E-state index in [-0.39, 0.29) is 10.8 Å². The Morgan fingerprint density at radius 1 is 1.34 bits per heavy atom. The molecule has 0 fully saturated rings. The summed E-state index contributed by atoms with van der Waals surface area (Å²) in [6.45, 7) is 3.29. The highest BCUT2D eigenvalue weighted by Gasteiger charge is 2.34. The summed E-state index contributed by atoms with van der Waals surface area (Å²) in [5.74, 6) is 0.0900. The largest absolute Gasteiger partial charge is 0.416 e. The van der Waals surface area contributed by atoms with Crippen molar-refractivity contribution in [3.63, 3.8) is 0 Å². The highest BCUT2D eigenvalue weighted by Crippen LogP contribution is 2.33. The summed E-state index contributed by atoms with van der Waals surface area (Å²) >= 11 is 2.60. The van der Waals surface area contributed by atoms with Gasteiger partial charge in [0.05, 0.1) is 17.5 Å². The van der Waals surface area contributed by atoms with Crippen molar-refractivity contribution in [2.45, 2.75) is 36.8 Å². The van der Waals surface area contributed by atoms with Crippen LogP contribution in [0.25, 0.3) is 0 Å². The first-order valence-electron chi connectivity index (χ1n) is 8.37. The van der Waals surface area contributed by atoms with Crippen LogP contribution in [0.3, 0.4) is 0 Å². The molecule has 1 N–H and O–H groups in total. The Balaban J connectivity index is 2.27. The van der Waals surface area contributed by atoms with Crippen molar-refractivity contribution >= 4 is 49.8 Å². The minimum absolute atomic E-state index is 0.179. The number of alkyl halides is 3. The number of benzene rings is 1. The molecule has 0 aliphatic carbocycles. The molecule has 0 bridgehead atoms. The third kappa shape index (κ3) is 6.31. The Morgan fingerprint density at radius 3 is 2.62 bits per heavy atom. The number of amides is 1. The number of sulfonamides is 1. The summed E-state index contributed by atoms with van der Waals surface area (Å²) in [6.07, 6.45) is -2.89. The maximum atomic E-state index is 13.0. The second-order valence-electron chi connectivity index (χ2n) is 5.99. The van der Waals surface area contributed by atoms with Crippen LogP contribution in [-0.2, 0) is 21.0 Å². The van der Waals surface area contributed by atoms with Crippen LogP contribution in [0.5, 0.6) is 0 Å². The number of thioether (sulfide) groups is 1. The van der Waals surface area contributed by atoms with Gasteiger partial charge in [0.1, 0.15) is 6.04 Å². The fourth-order valence-electron chi connectivity index (χ4n) is 2.35. The number of carbonyl (C=O) groups excluding carboxylic acids is 1. The van der Waals surface area contributed by atoms with Gasteiger partial charge in [0.25, 0.3) is 0 Å². The van der Waals surface area contributed by atoms with E-state index < -0.39 is 33.7 Å². The topological polar surface area (TPSA) is 92.3 Å². The first kappa shape index (κ1) is 23.4. The maximum Gasteiger partial charge on any atom is 0.416 e. The Labute approximate surface area is 174 Å². The second kappa shape index (κ2) is 9.30. The van der Waals surface area contributed by atoms with Gasteiger partial charge in [-0.05, 0) is 31.5 Å². The Hall–Kier alpha value is -1.86. The van der Waals surface area contributed by atoms with Gasteiger partial charge in [0.2, 0.25) is 21.1 Å². The van der Waals surface area contributed by atoms with Crippen molar-refractivity contribution in [2.75, 3.05) is 21.6 Å². The molecule has 7 nitrogen and oxygen atoms in total. The molecule has 2 rings (SSSR count). The first-order valence-corrected chi connectivity index (χ1v) is 12.0. The molecule has 0 aliphatic heterocycles. The molecule has 0 unspecified atom stereocenters. The predicted octanol–water partition coefficient (Wildman–Crippen LogP) is 3.85. The van der Waals surface area contributed by atoms with Crippen LogP contribution in [0.2, 0.25) is 0 Å². The number of hydrogen-bond donors (Lipinski definition) is 1. The standard InChI is InChI=1S/C16H19F3N4O3S3/c1-4-8-27-15-22-21-14(28-15)20-13(24)10(2)23(29(3,25)26)12-7-5-6-11(9-12)16(17,18)19/h5-7,9-10H,4,8H2,1-3H3,(H,20,21,24)/t10-/m0/s1. The number of anilines is 2. The molecule has 0 saturated heterocycles. The van der Waals surface area contributed by atoms with Gasteiger partial charge in [-0.25, -0.2) is 8.42 Å². The van der Waals surface area contributed by atoms with Crippen LogP contribution in [-0.4, -0.2) is 42.6 Å². The molecule has 29 heavy (non-hydrogen) atoms. The molecule has 13 heteroatoms. The maximum absolute atomic E-state index is 13.0. The van der Waals surface area contributed by atoms with E-state index >= 15 is 0 Å². The summed E-state index contributed by atoms with van der Waals surface area (Å²) in [5.41, 5.74) is -1.28. The Kier molecular flexibility index (Phi) is 7.51. The number of nitrogens with zero attached hydrogens (tertiary/aromatic N) is 3. The molecule has 160 valence electrons. The quantitative estimate of drug-likeness (QED) is 0.467. The van der Waals surface area contributed by atoms with Crippen molar-refractivity contribution in [1.82, 2.24) is 10.2 Å². The van der Waals surface area contributed by atoms with E-state index in [1.54, 1.807) is 0 Å². The molecule has 2 aromatic rings. The lowest BCUT2D eigenvalue weighted by Crippen LogP contribution is -2.45. The Bertz CT molecular complexity index is 964. The molecule has 0 spiro atoms. The summed E-state index contributed by atoms with van der Waals surface area (Å²) in [7, 11) is -4.06. The molecule has 0 aliphatic rings. The summed E-state index contributed by atoms with van der Waals surface area (Å²) in [4.78, 5) is 12.6. The summed E-state index contributed by atoms with van der Waals surface area (Å²) in [6, 6.07) is 2.48.